The zero-order valence-electron chi connectivity index (χ0n) is 6.64. The molecule has 1 aromatic carbocycles. The Hall–Kier alpha value is -0.380. The van der Waals surface area contributed by atoms with Gasteiger partial charge in [-0.1, -0.05) is 6.07 Å². The number of carbonyl (C=O) groups is 1. The first-order valence-corrected chi connectivity index (χ1v) is 5.12. The number of Topliss-reactive ketones (excluding diaryl/α,β-unsaturated/α-hetero) is 1. The number of carbonyl (C=O) groups excluding carboxylic acids is 1. The van der Waals surface area contributed by atoms with Crippen LogP contribution in [0.4, 0.5) is 0 Å². The van der Waals surface area contributed by atoms with Gasteiger partial charge >= 0.3 is 0 Å². The number of hydrogen-bond acceptors (Lipinski definition) is 1. The molecule has 2 heteroatoms. The molecule has 2 rings (SSSR count). The van der Waals surface area contributed by atoms with Gasteiger partial charge in [-0.05, 0) is 52.3 Å². The predicted octanol–water partition coefficient (Wildman–Crippen LogP) is 2.35. The van der Waals surface area contributed by atoms with Crippen LogP contribution in [0.5, 0.6) is 0 Å². The number of benzene rings is 1. The summed E-state index contributed by atoms with van der Waals surface area (Å²) in [5.41, 5.74) is 2.59. The third-order valence-electron chi connectivity index (χ3n) is 2.23. The van der Waals surface area contributed by atoms with E-state index in [1.165, 1.54) is 14.7 Å². The summed E-state index contributed by atoms with van der Waals surface area (Å²) < 4.78 is 1.26. The quantitative estimate of drug-likeness (QED) is 0.662. The zero-order chi connectivity index (χ0) is 8.55. The fraction of sp³-hybridized carbons (Fsp3) is 0.300. The van der Waals surface area contributed by atoms with Gasteiger partial charge in [0.15, 0.2) is 0 Å². The molecule has 0 unspecified atom stereocenters. The zero-order valence-corrected chi connectivity index (χ0v) is 8.80. The Morgan fingerprint density at radius 3 is 2.83 bits per heavy atom. The average Bonchev–Trinajstić information content (AvgIpc) is 2.05. The SMILES string of the molecule is O=C1CCc2cc(I)ccc2C1. The highest BCUT2D eigenvalue weighted by Gasteiger charge is 2.14. The van der Waals surface area contributed by atoms with Gasteiger partial charge in [0, 0.05) is 16.4 Å². The molecule has 0 fully saturated rings. The van der Waals surface area contributed by atoms with E-state index in [0.29, 0.717) is 12.2 Å². The van der Waals surface area contributed by atoms with Gasteiger partial charge in [0.25, 0.3) is 0 Å². The summed E-state index contributed by atoms with van der Waals surface area (Å²) in [5, 5.41) is 0. The molecule has 0 amide bonds. The lowest BCUT2D eigenvalue weighted by Crippen LogP contribution is -2.12. The predicted molar refractivity (Wildman–Crippen MR) is 56.2 cm³/mol. The minimum absolute atomic E-state index is 0.378. The van der Waals surface area contributed by atoms with Crippen molar-refractivity contribution >= 4 is 28.4 Å². The molecule has 12 heavy (non-hydrogen) atoms. The molecule has 1 aromatic rings. The molecule has 0 spiro atoms. The summed E-state index contributed by atoms with van der Waals surface area (Å²) >= 11 is 2.31. The lowest BCUT2D eigenvalue weighted by molar-refractivity contribution is -0.118. The molecule has 0 bridgehead atoms. The second kappa shape index (κ2) is 3.17. The molecule has 0 radical (unpaired) electrons. The lowest BCUT2D eigenvalue weighted by atomic mass is 9.91. The van der Waals surface area contributed by atoms with E-state index < -0.39 is 0 Å². The fourth-order valence-corrected chi connectivity index (χ4v) is 2.13. The van der Waals surface area contributed by atoms with Crippen LogP contribution in [0.1, 0.15) is 17.5 Å². The molecular formula is C10H9IO. The Balaban J connectivity index is 2.43. The van der Waals surface area contributed by atoms with Crippen LogP contribution in [0.15, 0.2) is 18.2 Å². The number of hydrogen-bond donors (Lipinski definition) is 0. The molecule has 1 nitrogen and oxygen atoms in total. The first kappa shape index (κ1) is 8.23. The van der Waals surface area contributed by atoms with Crippen LogP contribution in [0, 0.1) is 3.57 Å². The molecule has 1 aliphatic carbocycles. The molecule has 0 heterocycles. The summed E-state index contributed by atoms with van der Waals surface area (Å²) in [6, 6.07) is 6.33. The van der Waals surface area contributed by atoms with E-state index in [4.69, 9.17) is 0 Å². The van der Waals surface area contributed by atoms with E-state index in [-0.39, 0.29) is 0 Å². The van der Waals surface area contributed by atoms with Gasteiger partial charge in [-0.25, -0.2) is 0 Å². The van der Waals surface area contributed by atoms with Crippen molar-refractivity contribution in [2.75, 3.05) is 0 Å². The van der Waals surface area contributed by atoms with Gasteiger partial charge in [0.2, 0.25) is 0 Å². The summed E-state index contributed by atoms with van der Waals surface area (Å²) in [5.74, 6) is 0.378. The van der Waals surface area contributed by atoms with Crippen molar-refractivity contribution in [3.05, 3.63) is 32.9 Å². The smallest absolute Gasteiger partial charge is 0.137 e. The second-order valence-corrected chi connectivity index (χ2v) is 4.37. The van der Waals surface area contributed by atoms with Crippen molar-refractivity contribution in [1.82, 2.24) is 0 Å². The van der Waals surface area contributed by atoms with Gasteiger partial charge in [0.05, 0.1) is 0 Å². The number of rotatable bonds is 0. The van der Waals surface area contributed by atoms with Crippen molar-refractivity contribution in [3.63, 3.8) is 0 Å². The summed E-state index contributed by atoms with van der Waals surface area (Å²) in [6.07, 6.45) is 2.31. The van der Waals surface area contributed by atoms with E-state index in [2.05, 4.69) is 40.8 Å². The number of aryl methyl sites for hydroxylation is 1. The van der Waals surface area contributed by atoms with Crippen LogP contribution in [-0.4, -0.2) is 5.78 Å². The van der Waals surface area contributed by atoms with Crippen molar-refractivity contribution in [2.45, 2.75) is 19.3 Å². The third kappa shape index (κ3) is 1.53. The largest absolute Gasteiger partial charge is 0.299 e. The molecule has 0 aliphatic heterocycles. The van der Waals surface area contributed by atoms with Crippen LogP contribution in [-0.2, 0) is 17.6 Å². The normalized spacial score (nSPS) is 15.9. The van der Waals surface area contributed by atoms with Crippen molar-refractivity contribution in [3.8, 4) is 0 Å². The van der Waals surface area contributed by atoms with Crippen LogP contribution in [0.25, 0.3) is 0 Å². The maximum absolute atomic E-state index is 11.1. The van der Waals surface area contributed by atoms with E-state index in [1.807, 2.05) is 0 Å². The van der Waals surface area contributed by atoms with Crippen molar-refractivity contribution < 1.29 is 4.79 Å². The molecule has 0 atom stereocenters. The monoisotopic (exact) mass is 272 g/mol. The van der Waals surface area contributed by atoms with Crippen LogP contribution in [0.2, 0.25) is 0 Å². The summed E-state index contributed by atoms with van der Waals surface area (Å²) in [4.78, 5) is 11.1. The molecule has 0 saturated carbocycles. The van der Waals surface area contributed by atoms with E-state index in [9.17, 15) is 4.79 Å². The van der Waals surface area contributed by atoms with Gasteiger partial charge in [-0.3, -0.25) is 4.79 Å². The Kier molecular flexibility index (Phi) is 2.17. The molecule has 1 aliphatic rings. The standard InChI is InChI=1S/C10H9IO/c11-9-3-1-8-6-10(12)4-2-7(8)5-9/h1,3,5H,2,4,6H2. The first-order chi connectivity index (χ1) is 5.75. The number of ketones is 1. The van der Waals surface area contributed by atoms with E-state index in [1.54, 1.807) is 0 Å². The van der Waals surface area contributed by atoms with Crippen molar-refractivity contribution in [2.24, 2.45) is 0 Å². The second-order valence-electron chi connectivity index (χ2n) is 3.13. The maximum Gasteiger partial charge on any atom is 0.137 e. The molecule has 62 valence electrons. The maximum atomic E-state index is 11.1. The van der Waals surface area contributed by atoms with Gasteiger partial charge in [0.1, 0.15) is 5.78 Å². The van der Waals surface area contributed by atoms with Gasteiger partial charge in [-0.2, -0.15) is 0 Å². The average molecular weight is 272 g/mol. The minimum Gasteiger partial charge on any atom is -0.299 e. The van der Waals surface area contributed by atoms with E-state index >= 15 is 0 Å². The van der Waals surface area contributed by atoms with Crippen LogP contribution in [0.3, 0.4) is 0 Å². The first-order valence-electron chi connectivity index (χ1n) is 4.05. The Morgan fingerprint density at radius 2 is 2.00 bits per heavy atom. The third-order valence-corrected chi connectivity index (χ3v) is 2.90. The summed E-state index contributed by atoms with van der Waals surface area (Å²) in [7, 11) is 0. The highest BCUT2D eigenvalue weighted by molar-refractivity contribution is 14.1. The van der Waals surface area contributed by atoms with Crippen LogP contribution >= 0.6 is 22.6 Å². The Bertz CT molecular complexity index is 331. The molecule has 0 aromatic heterocycles. The fourth-order valence-electron chi connectivity index (χ4n) is 1.57. The highest BCUT2D eigenvalue weighted by atomic mass is 127. The van der Waals surface area contributed by atoms with Crippen LogP contribution < -0.4 is 0 Å². The topological polar surface area (TPSA) is 17.1 Å². The molecule has 0 saturated heterocycles. The Labute approximate surface area is 85.3 Å². The van der Waals surface area contributed by atoms with E-state index in [0.717, 1.165) is 12.8 Å². The highest BCUT2D eigenvalue weighted by Crippen LogP contribution is 2.20. The molecule has 0 N–H and O–H groups in total. The minimum atomic E-state index is 0.378. The van der Waals surface area contributed by atoms with Gasteiger partial charge < -0.3 is 0 Å². The van der Waals surface area contributed by atoms with Crippen molar-refractivity contribution in [1.29, 1.82) is 0 Å². The number of fused-ring (bicyclic) bond motifs is 1. The summed E-state index contributed by atoms with van der Waals surface area (Å²) in [6.45, 7) is 0. The lowest BCUT2D eigenvalue weighted by Gasteiger charge is -2.14. The molecular weight excluding hydrogens is 263 g/mol. The Morgan fingerprint density at radius 1 is 1.17 bits per heavy atom. The number of halogens is 1. The van der Waals surface area contributed by atoms with Gasteiger partial charge in [-0.15, -0.1) is 0 Å².